The van der Waals surface area contributed by atoms with Crippen molar-refractivity contribution in [3.8, 4) is 17.2 Å². The summed E-state index contributed by atoms with van der Waals surface area (Å²) in [5.41, 5.74) is 2.77. The summed E-state index contributed by atoms with van der Waals surface area (Å²) < 4.78 is 6.94. The van der Waals surface area contributed by atoms with E-state index in [1.807, 2.05) is 6.07 Å². The lowest BCUT2D eigenvalue weighted by Crippen LogP contribution is -2.24. The van der Waals surface area contributed by atoms with Crippen LogP contribution in [0.5, 0.6) is 17.2 Å². The van der Waals surface area contributed by atoms with E-state index in [4.69, 9.17) is 4.74 Å². The van der Waals surface area contributed by atoms with E-state index in [9.17, 15) is 15.0 Å². The smallest absolute Gasteiger partial charge is 0.277 e. The molecule has 0 fully saturated rings. The average Bonchev–Trinajstić information content (AvgIpc) is 2.55. The van der Waals surface area contributed by atoms with Crippen molar-refractivity contribution in [3.05, 3.63) is 49.3 Å². The minimum absolute atomic E-state index is 0.195. The first kappa shape index (κ1) is 18.8. The van der Waals surface area contributed by atoms with E-state index >= 15 is 0 Å². The number of halogens is 3. The number of carbonyl (C=O) groups is 1. The molecule has 6 nitrogen and oxygen atoms in total. The van der Waals surface area contributed by atoms with Crippen LogP contribution >= 0.6 is 47.8 Å². The van der Waals surface area contributed by atoms with Crippen molar-refractivity contribution in [3.63, 3.8) is 0 Å². The molecule has 0 spiro atoms. The molecule has 0 unspecified atom stereocenters. The van der Waals surface area contributed by atoms with E-state index < -0.39 is 5.91 Å². The summed E-state index contributed by atoms with van der Waals surface area (Å²) in [6.45, 7) is -0.195. The number of ether oxygens (including phenoxy) is 1. The first-order valence-corrected chi connectivity index (χ1v) is 8.86. The van der Waals surface area contributed by atoms with Crippen molar-refractivity contribution in [2.75, 3.05) is 6.61 Å². The molecule has 0 aliphatic carbocycles. The molecule has 0 bridgehead atoms. The van der Waals surface area contributed by atoms with Gasteiger partial charge < -0.3 is 14.9 Å². The van der Waals surface area contributed by atoms with Gasteiger partial charge in [-0.2, -0.15) is 5.10 Å². The summed E-state index contributed by atoms with van der Waals surface area (Å²) in [7, 11) is 0. The number of hydrogen-bond acceptors (Lipinski definition) is 5. The second-order valence-corrected chi connectivity index (χ2v) is 7.00. The summed E-state index contributed by atoms with van der Waals surface area (Å²) >= 11 is 9.69. The number of rotatable bonds is 5. The number of nitrogens with one attached hydrogen (secondary N) is 1. The van der Waals surface area contributed by atoms with Gasteiger partial charge in [0.2, 0.25) is 0 Å². The topological polar surface area (TPSA) is 91.2 Å². The maximum atomic E-state index is 11.7. The molecule has 0 aromatic heterocycles. The van der Waals surface area contributed by atoms with E-state index in [-0.39, 0.29) is 22.6 Å². The second-order valence-electron chi connectivity index (χ2n) is 4.50. The Morgan fingerprint density at radius 2 is 1.96 bits per heavy atom. The van der Waals surface area contributed by atoms with Gasteiger partial charge in [-0.1, -0.05) is 22.0 Å². The fourth-order valence-electron chi connectivity index (χ4n) is 1.63. The van der Waals surface area contributed by atoms with Crippen LogP contribution in [-0.4, -0.2) is 28.9 Å². The molecule has 3 N–H and O–H groups in total. The van der Waals surface area contributed by atoms with E-state index in [2.05, 4.69) is 58.3 Å². The SMILES string of the molecule is O=C(COc1cccc(Br)c1)N/N=C/c1cc(O)c(O)c(Br)c1Br. The van der Waals surface area contributed by atoms with Crippen molar-refractivity contribution in [2.24, 2.45) is 5.10 Å². The largest absolute Gasteiger partial charge is 0.504 e. The lowest BCUT2D eigenvalue weighted by atomic mass is 10.2. The lowest BCUT2D eigenvalue weighted by Gasteiger charge is -2.07. The molecule has 126 valence electrons. The van der Waals surface area contributed by atoms with E-state index in [1.54, 1.807) is 18.2 Å². The Hall–Kier alpha value is -1.58. The van der Waals surface area contributed by atoms with Gasteiger partial charge in [0.05, 0.1) is 10.7 Å². The fraction of sp³-hybridized carbons (Fsp3) is 0.0667. The highest BCUT2D eigenvalue weighted by atomic mass is 79.9. The Labute approximate surface area is 162 Å². The van der Waals surface area contributed by atoms with Crippen molar-refractivity contribution >= 4 is 59.9 Å². The number of amides is 1. The fourth-order valence-corrected chi connectivity index (χ4v) is 2.84. The van der Waals surface area contributed by atoms with Gasteiger partial charge in [0.15, 0.2) is 18.1 Å². The van der Waals surface area contributed by atoms with Crippen molar-refractivity contribution < 1.29 is 19.7 Å². The van der Waals surface area contributed by atoms with Gasteiger partial charge in [0.25, 0.3) is 5.91 Å². The number of phenols is 2. The van der Waals surface area contributed by atoms with Crippen LogP contribution in [0, 0.1) is 0 Å². The molecule has 0 heterocycles. The van der Waals surface area contributed by atoms with Crippen LogP contribution in [0.25, 0.3) is 0 Å². The molecular formula is C15H11Br3N2O4. The molecule has 0 saturated carbocycles. The van der Waals surface area contributed by atoms with Crippen LogP contribution in [-0.2, 0) is 4.79 Å². The Bertz CT molecular complexity index is 797. The van der Waals surface area contributed by atoms with Crippen molar-refractivity contribution in [2.45, 2.75) is 0 Å². The van der Waals surface area contributed by atoms with Crippen LogP contribution in [0.3, 0.4) is 0 Å². The molecule has 0 aliphatic heterocycles. The van der Waals surface area contributed by atoms with Crippen LogP contribution in [0.2, 0.25) is 0 Å². The van der Waals surface area contributed by atoms with Crippen LogP contribution < -0.4 is 10.2 Å². The first-order chi connectivity index (χ1) is 11.4. The molecule has 1 amide bonds. The number of nitrogens with zero attached hydrogens (tertiary/aromatic N) is 1. The highest BCUT2D eigenvalue weighted by Gasteiger charge is 2.12. The standard InChI is InChI=1S/C15H11Br3N2O4/c16-9-2-1-3-10(5-9)24-7-12(22)20-19-6-8-4-11(21)15(23)14(18)13(8)17/h1-6,21,23H,7H2,(H,20,22)/b19-6+. The molecular weight excluding hydrogens is 512 g/mol. The first-order valence-electron chi connectivity index (χ1n) is 6.48. The van der Waals surface area contributed by atoms with E-state index in [0.29, 0.717) is 15.8 Å². The predicted octanol–water partition coefficient (Wildman–Crippen LogP) is 3.91. The van der Waals surface area contributed by atoms with Gasteiger partial charge in [-0.05, 0) is 56.1 Å². The van der Waals surface area contributed by atoms with Gasteiger partial charge in [0.1, 0.15) is 5.75 Å². The molecule has 2 aromatic rings. The zero-order valence-electron chi connectivity index (χ0n) is 12.0. The number of hydrogen-bond donors (Lipinski definition) is 3. The summed E-state index contributed by atoms with van der Waals surface area (Å²) in [5, 5.41) is 22.9. The van der Waals surface area contributed by atoms with E-state index in [0.717, 1.165) is 4.47 Å². The highest BCUT2D eigenvalue weighted by Crippen LogP contribution is 2.40. The van der Waals surface area contributed by atoms with E-state index in [1.165, 1.54) is 12.3 Å². The average molecular weight is 523 g/mol. The number of phenolic OH excluding ortho intramolecular Hbond substituents is 2. The van der Waals surface area contributed by atoms with Gasteiger partial charge in [-0.3, -0.25) is 4.79 Å². The molecule has 0 radical (unpaired) electrons. The third-order valence-electron chi connectivity index (χ3n) is 2.75. The molecule has 0 aliphatic rings. The maximum absolute atomic E-state index is 11.7. The van der Waals surface area contributed by atoms with Gasteiger partial charge in [0, 0.05) is 14.5 Å². The summed E-state index contributed by atoms with van der Waals surface area (Å²) in [5.74, 6) is -0.482. The summed E-state index contributed by atoms with van der Waals surface area (Å²) in [4.78, 5) is 11.7. The zero-order chi connectivity index (χ0) is 17.7. The van der Waals surface area contributed by atoms with Crippen molar-refractivity contribution in [1.29, 1.82) is 0 Å². The summed E-state index contributed by atoms with van der Waals surface area (Å²) in [6.07, 6.45) is 1.32. The van der Waals surface area contributed by atoms with Gasteiger partial charge in [-0.25, -0.2) is 5.43 Å². The molecule has 9 heteroatoms. The Morgan fingerprint density at radius 3 is 2.67 bits per heavy atom. The van der Waals surface area contributed by atoms with Gasteiger partial charge >= 0.3 is 0 Å². The molecule has 24 heavy (non-hydrogen) atoms. The minimum atomic E-state index is -0.440. The van der Waals surface area contributed by atoms with Crippen LogP contribution in [0.1, 0.15) is 5.56 Å². The number of aromatic hydroxyl groups is 2. The maximum Gasteiger partial charge on any atom is 0.277 e. The summed E-state index contributed by atoms with van der Waals surface area (Å²) in [6, 6.07) is 8.42. The number of carbonyl (C=O) groups excluding carboxylic acids is 1. The molecule has 2 rings (SSSR count). The normalized spacial score (nSPS) is 10.8. The third kappa shape index (κ3) is 4.96. The number of hydrazone groups is 1. The second kappa shape index (κ2) is 8.50. The monoisotopic (exact) mass is 520 g/mol. The molecule has 0 atom stereocenters. The van der Waals surface area contributed by atoms with Gasteiger partial charge in [-0.15, -0.1) is 0 Å². The van der Waals surface area contributed by atoms with Crippen molar-refractivity contribution in [1.82, 2.24) is 5.43 Å². The Kier molecular flexibility index (Phi) is 6.64. The zero-order valence-corrected chi connectivity index (χ0v) is 16.7. The quantitative estimate of drug-likeness (QED) is 0.315. The lowest BCUT2D eigenvalue weighted by molar-refractivity contribution is -0.123. The third-order valence-corrected chi connectivity index (χ3v) is 5.40. The Balaban J connectivity index is 1.93. The van der Waals surface area contributed by atoms with Crippen LogP contribution in [0.4, 0.5) is 0 Å². The van der Waals surface area contributed by atoms with Crippen LogP contribution in [0.15, 0.2) is 48.9 Å². The highest BCUT2D eigenvalue weighted by molar-refractivity contribution is 9.13. The predicted molar refractivity (Wildman–Crippen MR) is 101 cm³/mol. The minimum Gasteiger partial charge on any atom is -0.504 e. The molecule has 0 saturated heterocycles. The molecule has 2 aromatic carbocycles. The Morgan fingerprint density at radius 1 is 1.21 bits per heavy atom. The number of benzene rings is 2.